The van der Waals surface area contributed by atoms with Crippen LogP contribution in [0.15, 0.2) is 12.1 Å². The van der Waals surface area contributed by atoms with Gasteiger partial charge >= 0.3 is 5.97 Å². The summed E-state index contributed by atoms with van der Waals surface area (Å²) in [4.78, 5) is 22.7. The molecule has 1 rings (SSSR count). The van der Waals surface area contributed by atoms with Crippen molar-refractivity contribution in [3.63, 3.8) is 0 Å². The Bertz CT molecular complexity index is 491. The lowest BCUT2D eigenvalue weighted by molar-refractivity contribution is -0.145. The number of ketones is 1. The van der Waals surface area contributed by atoms with E-state index in [1.54, 1.807) is 6.92 Å². The molecule has 0 radical (unpaired) electrons. The molecule has 1 aromatic carbocycles. The smallest absolute Gasteiger partial charge is 0.344 e. The normalized spacial score (nSPS) is 10.1. The van der Waals surface area contributed by atoms with Crippen LogP contribution in [0, 0.1) is 0 Å². The van der Waals surface area contributed by atoms with Crippen molar-refractivity contribution in [3.05, 3.63) is 27.7 Å². The van der Waals surface area contributed by atoms with E-state index >= 15 is 0 Å². The summed E-state index contributed by atoms with van der Waals surface area (Å²) in [5.74, 6) is -0.468. The Morgan fingerprint density at radius 3 is 2.53 bits per heavy atom. The first-order chi connectivity index (χ1) is 8.99. The fraction of sp³-hybridized carbons (Fsp3) is 0.333. The van der Waals surface area contributed by atoms with Crippen LogP contribution >= 0.6 is 39.1 Å². The topological polar surface area (TPSA) is 52.6 Å². The number of carbonyl (C=O) groups is 2. The molecule has 0 amide bonds. The van der Waals surface area contributed by atoms with Crippen LogP contribution < -0.4 is 4.74 Å². The largest absolute Gasteiger partial charge is 0.480 e. The van der Waals surface area contributed by atoms with Crippen LogP contribution in [0.1, 0.15) is 17.3 Å². The SMILES string of the molecule is CCOC(=O)COc1cc(Cl)c(C(=O)CBr)cc1Cl. The fourth-order valence-electron chi connectivity index (χ4n) is 1.26. The van der Waals surface area contributed by atoms with Crippen molar-refractivity contribution in [3.8, 4) is 5.75 Å². The zero-order valence-electron chi connectivity index (χ0n) is 10.0. The first kappa shape index (κ1) is 16.3. The number of hydrogen-bond donors (Lipinski definition) is 0. The Morgan fingerprint density at radius 2 is 1.95 bits per heavy atom. The van der Waals surface area contributed by atoms with Gasteiger partial charge < -0.3 is 9.47 Å². The summed E-state index contributed by atoms with van der Waals surface area (Å²) in [6.07, 6.45) is 0. The third kappa shape index (κ3) is 4.67. The molecule has 0 saturated heterocycles. The summed E-state index contributed by atoms with van der Waals surface area (Å²) in [5.41, 5.74) is 0.298. The van der Waals surface area contributed by atoms with Gasteiger partial charge in [-0.25, -0.2) is 4.79 Å². The van der Waals surface area contributed by atoms with E-state index < -0.39 is 5.97 Å². The highest BCUT2D eigenvalue weighted by atomic mass is 79.9. The van der Waals surface area contributed by atoms with Gasteiger partial charge in [0.25, 0.3) is 0 Å². The third-order valence-corrected chi connectivity index (χ3v) is 3.21. The second kappa shape index (κ2) is 7.72. The van der Waals surface area contributed by atoms with Crippen molar-refractivity contribution >= 4 is 50.9 Å². The molecule has 19 heavy (non-hydrogen) atoms. The van der Waals surface area contributed by atoms with E-state index in [2.05, 4.69) is 15.9 Å². The summed E-state index contributed by atoms with van der Waals surface area (Å²) in [7, 11) is 0. The van der Waals surface area contributed by atoms with Crippen LogP contribution in [0.25, 0.3) is 0 Å². The standard InChI is InChI=1S/C12H11BrCl2O4/c1-2-18-12(17)6-19-11-4-8(14)7(3-9(11)15)10(16)5-13/h3-4H,2,5-6H2,1H3. The molecule has 4 nitrogen and oxygen atoms in total. The number of halogens is 3. The number of alkyl halides is 1. The highest BCUT2D eigenvalue weighted by Gasteiger charge is 2.14. The predicted octanol–water partition coefficient (Wildman–Crippen LogP) is 3.51. The Morgan fingerprint density at radius 1 is 1.26 bits per heavy atom. The molecule has 0 unspecified atom stereocenters. The van der Waals surface area contributed by atoms with Gasteiger partial charge in [-0.05, 0) is 13.0 Å². The summed E-state index contributed by atoms with van der Waals surface area (Å²) >= 11 is 15.0. The Hall–Kier alpha value is -0.780. The maximum absolute atomic E-state index is 11.5. The molecule has 0 N–H and O–H groups in total. The van der Waals surface area contributed by atoms with Crippen molar-refractivity contribution in [2.75, 3.05) is 18.5 Å². The summed E-state index contributed by atoms with van der Waals surface area (Å²) < 4.78 is 9.90. The number of rotatable bonds is 6. The molecule has 1 aromatic rings. The minimum atomic E-state index is -0.504. The van der Waals surface area contributed by atoms with E-state index in [-0.39, 0.29) is 40.1 Å². The van der Waals surface area contributed by atoms with Gasteiger partial charge in [0.1, 0.15) is 5.75 Å². The van der Waals surface area contributed by atoms with Crippen molar-refractivity contribution in [1.82, 2.24) is 0 Å². The van der Waals surface area contributed by atoms with Gasteiger partial charge in [-0.2, -0.15) is 0 Å². The molecule has 0 atom stereocenters. The molecule has 0 heterocycles. The number of esters is 1. The zero-order chi connectivity index (χ0) is 14.4. The van der Waals surface area contributed by atoms with E-state index in [4.69, 9.17) is 32.7 Å². The molecule has 0 aliphatic rings. The molecule has 0 spiro atoms. The predicted molar refractivity (Wildman–Crippen MR) is 76.7 cm³/mol. The van der Waals surface area contributed by atoms with E-state index in [1.165, 1.54) is 12.1 Å². The molecular weight excluding hydrogens is 359 g/mol. The van der Waals surface area contributed by atoms with E-state index in [0.717, 1.165) is 0 Å². The Balaban J connectivity index is 2.84. The number of carbonyl (C=O) groups excluding carboxylic acids is 2. The lowest BCUT2D eigenvalue weighted by atomic mass is 10.1. The van der Waals surface area contributed by atoms with Crippen LogP contribution in [-0.4, -0.2) is 30.3 Å². The number of hydrogen-bond acceptors (Lipinski definition) is 4. The summed E-state index contributed by atoms with van der Waals surface area (Å²) in [6.45, 7) is 1.70. The minimum absolute atomic E-state index is 0.145. The van der Waals surface area contributed by atoms with E-state index in [1.807, 2.05) is 0 Å². The molecule has 0 fully saturated rings. The van der Waals surface area contributed by atoms with Crippen LogP contribution in [0.4, 0.5) is 0 Å². The molecule has 0 aliphatic carbocycles. The Labute approximate surface area is 129 Å². The zero-order valence-corrected chi connectivity index (χ0v) is 13.1. The van der Waals surface area contributed by atoms with E-state index in [9.17, 15) is 9.59 Å². The van der Waals surface area contributed by atoms with Gasteiger partial charge in [0.05, 0.1) is 22.0 Å². The van der Waals surface area contributed by atoms with Crippen molar-refractivity contribution in [2.45, 2.75) is 6.92 Å². The average molecular weight is 370 g/mol. The van der Waals surface area contributed by atoms with Gasteiger partial charge in [0.15, 0.2) is 12.4 Å². The fourth-order valence-corrected chi connectivity index (χ4v) is 2.04. The van der Waals surface area contributed by atoms with Gasteiger partial charge in [0.2, 0.25) is 0 Å². The average Bonchev–Trinajstić information content (AvgIpc) is 2.38. The second-order valence-corrected chi connectivity index (χ2v) is 4.79. The van der Waals surface area contributed by atoms with Gasteiger partial charge in [-0.1, -0.05) is 39.1 Å². The molecule has 0 saturated carbocycles. The third-order valence-electron chi connectivity index (χ3n) is 2.09. The first-order valence-corrected chi connectivity index (χ1v) is 7.24. The first-order valence-electron chi connectivity index (χ1n) is 5.36. The van der Waals surface area contributed by atoms with Crippen LogP contribution in [0.5, 0.6) is 5.75 Å². The maximum Gasteiger partial charge on any atom is 0.344 e. The summed E-state index contributed by atoms with van der Waals surface area (Å²) in [6, 6.07) is 2.81. The van der Waals surface area contributed by atoms with Gasteiger partial charge in [0, 0.05) is 11.6 Å². The maximum atomic E-state index is 11.5. The number of ether oxygens (including phenoxy) is 2. The molecule has 0 aromatic heterocycles. The lowest BCUT2D eigenvalue weighted by Gasteiger charge is -2.10. The molecule has 104 valence electrons. The van der Waals surface area contributed by atoms with Crippen LogP contribution in [0.3, 0.4) is 0 Å². The molecule has 0 bridgehead atoms. The van der Waals surface area contributed by atoms with Crippen molar-refractivity contribution in [1.29, 1.82) is 0 Å². The van der Waals surface area contributed by atoms with Crippen molar-refractivity contribution in [2.24, 2.45) is 0 Å². The number of benzene rings is 1. The Kier molecular flexibility index (Phi) is 6.62. The molecule has 7 heteroatoms. The van der Waals surface area contributed by atoms with Gasteiger partial charge in [-0.15, -0.1) is 0 Å². The highest BCUT2D eigenvalue weighted by Crippen LogP contribution is 2.31. The molecular formula is C12H11BrCl2O4. The number of Topliss-reactive ketones (excluding diaryl/α,β-unsaturated/α-hetero) is 1. The quantitative estimate of drug-likeness (QED) is 0.437. The van der Waals surface area contributed by atoms with Crippen LogP contribution in [0.2, 0.25) is 10.0 Å². The van der Waals surface area contributed by atoms with Crippen LogP contribution in [-0.2, 0) is 9.53 Å². The van der Waals surface area contributed by atoms with E-state index in [0.29, 0.717) is 5.56 Å². The van der Waals surface area contributed by atoms with Gasteiger partial charge in [-0.3, -0.25) is 4.79 Å². The second-order valence-electron chi connectivity index (χ2n) is 3.41. The lowest BCUT2D eigenvalue weighted by Crippen LogP contribution is -2.15. The highest BCUT2D eigenvalue weighted by molar-refractivity contribution is 9.09. The van der Waals surface area contributed by atoms with Crippen molar-refractivity contribution < 1.29 is 19.1 Å². The monoisotopic (exact) mass is 368 g/mol. The molecule has 0 aliphatic heterocycles. The summed E-state index contributed by atoms with van der Waals surface area (Å²) in [5, 5.41) is 0.567. The minimum Gasteiger partial charge on any atom is -0.480 e.